The lowest BCUT2D eigenvalue weighted by molar-refractivity contribution is 0.0674. The van der Waals surface area contributed by atoms with Gasteiger partial charge in [0.1, 0.15) is 0 Å². The lowest BCUT2D eigenvalue weighted by atomic mass is 10.2. The zero-order valence-corrected chi connectivity index (χ0v) is 12.1. The van der Waals surface area contributed by atoms with Crippen molar-refractivity contribution in [1.29, 1.82) is 0 Å². The van der Waals surface area contributed by atoms with Gasteiger partial charge in [0.25, 0.3) is 5.91 Å². The molecule has 2 aromatic heterocycles. The van der Waals surface area contributed by atoms with Gasteiger partial charge >= 0.3 is 5.97 Å². The molecule has 0 atom stereocenters. The Kier molecular flexibility index (Phi) is 4.06. The van der Waals surface area contributed by atoms with Crippen LogP contribution in [0.1, 0.15) is 33.5 Å². The average molecular weight is 291 g/mol. The van der Waals surface area contributed by atoms with E-state index in [9.17, 15) is 9.59 Å². The molecular formula is C13H17N5O3. The van der Waals surface area contributed by atoms with Crippen LogP contribution in [0.5, 0.6) is 0 Å². The van der Waals surface area contributed by atoms with Gasteiger partial charge in [-0.1, -0.05) is 0 Å². The SMILES string of the molecule is CCn1ccc(CN(C)C(=O)c2cn(C)nc2C(=O)O)n1. The van der Waals surface area contributed by atoms with E-state index < -0.39 is 11.9 Å². The minimum absolute atomic E-state index is 0.0717. The number of carbonyl (C=O) groups excluding carboxylic acids is 1. The number of carbonyl (C=O) groups is 2. The fourth-order valence-corrected chi connectivity index (χ4v) is 1.99. The van der Waals surface area contributed by atoms with Gasteiger partial charge in [-0.3, -0.25) is 14.2 Å². The molecule has 2 rings (SSSR count). The molecule has 0 aromatic carbocycles. The number of hydrogen-bond acceptors (Lipinski definition) is 4. The Bertz CT molecular complexity index is 673. The van der Waals surface area contributed by atoms with Crippen molar-refractivity contribution in [3.8, 4) is 0 Å². The normalized spacial score (nSPS) is 10.6. The quantitative estimate of drug-likeness (QED) is 0.871. The lowest BCUT2D eigenvalue weighted by Crippen LogP contribution is -2.27. The number of carboxylic acid groups (broad SMARTS) is 1. The molecule has 0 fully saturated rings. The number of aryl methyl sites for hydroxylation is 2. The van der Waals surface area contributed by atoms with Gasteiger partial charge < -0.3 is 10.0 Å². The first-order chi connectivity index (χ1) is 9.92. The standard InChI is InChI=1S/C13H17N5O3/c1-4-18-6-5-9(14-18)7-16(2)12(19)10-8-17(3)15-11(10)13(20)21/h5-6,8H,4,7H2,1-3H3,(H,20,21). The number of hydrogen-bond donors (Lipinski definition) is 1. The summed E-state index contributed by atoms with van der Waals surface area (Å²) < 4.78 is 3.08. The number of amides is 1. The molecule has 0 unspecified atom stereocenters. The van der Waals surface area contributed by atoms with Crippen LogP contribution in [-0.2, 0) is 20.1 Å². The molecule has 1 N–H and O–H groups in total. The highest BCUT2D eigenvalue weighted by Crippen LogP contribution is 2.11. The Balaban J connectivity index is 2.17. The Labute approximate surface area is 121 Å². The van der Waals surface area contributed by atoms with Crippen LogP contribution in [0.2, 0.25) is 0 Å². The summed E-state index contributed by atoms with van der Waals surface area (Å²) in [5.74, 6) is -1.62. The molecule has 0 aliphatic rings. The third-order valence-corrected chi connectivity index (χ3v) is 3.03. The van der Waals surface area contributed by atoms with Crippen LogP contribution >= 0.6 is 0 Å². The van der Waals surface area contributed by atoms with Crippen molar-refractivity contribution >= 4 is 11.9 Å². The Morgan fingerprint density at radius 1 is 1.38 bits per heavy atom. The highest BCUT2D eigenvalue weighted by atomic mass is 16.4. The van der Waals surface area contributed by atoms with E-state index in [0.29, 0.717) is 6.54 Å². The molecule has 112 valence electrons. The molecule has 0 spiro atoms. The molecule has 0 aliphatic heterocycles. The van der Waals surface area contributed by atoms with Gasteiger partial charge in [-0.2, -0.15) is 10.2 Å². The molecule has 0 radical (unpaired) electrons. The van der Waals surface area contributed by atoms with Crippen LogP contribution in [0, 0.1) is 0 Å². The monoisotopic (exact) mass is 291 g/mol. The minimum Gasteiger partial charge on any atom is -0.476 e. The second-order valence-corrected chi connectivity index (χ2v) is 4.69. The first-order valence-electron chi connectivity index (χ1n) is 6.47. The summed E-state index contributed by atoms with van der Waals surface area (Å²) in [5, 5.41) is 17.2. The van der Waals surface area contributed by atoms with Crippen molar-refractivity contribution in [2.45, 2.75) is 20.0 Å². The fourth-order valence-electron chi connectivity index (χ4n) is 1.99. The molecule has 0 bridgehead atoms. The van der Waals surface area contributed by atoms with Crippen LogP contribution < -0.4 is 0 Å². The van der Waals surface area contributed by atoms with Crippen molar-refractivity contribution < 1.29 is 14.7 Å². The van der Waals surface area contributed by atoms with Crippen LogP contribution in [0.4, 0.5) is 0 Å². The average Bonchev–Trinajstić information content (AvgIpc) is 3.04. The summed E-state index contributed by atoms with van der Waals surface area (Å²) in [6.07, 6.45) is 3.24. The van der Waals surface area contributed by atoms with Crippen molar-refractivity contribution in [2.75, 3.05) is 7.05 Å². The highest BCUT2D eigenvalue weighted by molar-refractivity contribution is 6.03. The maximum atomic E-state index is 12.3. The van der Waals surface area contributed by atoms with Crippen LogP contribution in [0.15, 0.2) is 18.5 Å². The third-order valence-electron chi connectivity index (χ3n) is 3.03. The van der Waals surface area contributed by atoms with Gasteiger partial charge in [-0.15, -0.1) is 0 Å². The summed E-state index contributed by atoms with van der Waals surface area (Å²) in [7, 11) is 3.18. The van der Waals surface area contributed by atoms with Crippen LogP contribution in [0.25, 0.3) is 0 Å². The number of aromatic nitrogens is 4. The summed E-state index contributed by atoms with van der Waals surface area (Å²) >= 11 is 0. The maximum Gasteiger partial charge on any atom is 0.357 e. The summed E-state index contributed by atoms with van der Waals surface area (Å²) in [4.78, 5) is 24.9. The zero-order chi connectivity index (χ0) is 15.6. The van der Waals surface area contributed by atoms with Crippen LogP contribution in [-0.4, -0.2) is 48.5 Å². The van der Waals surface area contributed by atoms with E-state index in [2.05, 4.69) is 10.2 Å². The molecule has 21 heavy (non-hydrogen) atoms. The Hall–Kier alpha value is -2.64. The first-order valence-corrected chi connectivity index (χ1v) is 6.47. The minimum atomic E-state index is -1.22. The van der Waals surface area contributed by atoms with Gasteiger partial charge in [-0.05, 0) is 13.0 Å². The van der Waals surface area contributed by atoms with Crippen molar-refractivity contribution in [3.63, 3.8) is 0 Å². The van der Waals surface area contributed by atoms with Gasteiger partial charge in [0.05, 0.1) is 17.8 Å². The molecule has 0 aliphatic carbocycles. The van der Waals surface area contributed by atoms with E-state index in [0.717, 1.165) is 12.2 Å². The van der Waals surface area contributed by atoms with Crippen molar-refractivity contribution in [3.05, 3.63) is 35.4 Å². The number of rotatable bonds is 5. The van der Waals surface area contributed by atoms with E-state index in [1.54, 1.807) is 18.8 Å². The molecule has 8 nitrogen and oxygen atoms in total. The lowest BCUT2D eigenvalue weighted by Gasteiger charge is -2.15. The van der Waals surface area contributed by atoms with Gasteiger partial charge in [0.15, 0.2) is 5.69 Å². The molecule has 0 saturated heterocycles. The zero-order valence-electron chi connectivity index (χ0n) is 12.1. The van der Waals surface area contributed by atoms with Crippen molar-refractivity contribution in [1.82, 2.24) is 24.5 Å². The molecule has 0 saturated carbocycles. The van der Waals surface area contributed by atoms with E-state index in [1.807, 2.05) is 19.2 Å². The third kappa shape index (κ3) is 3.10. The highest BCUT2D eigenvalue weighted by Gasteiger charge is 2.23. The predicted octanol–water partition coefficient (Wildman–Crippen LogP) is 0.607. The number of aromatic carboxylic acids is 1. The predicted molar refractivity (Wildman–Crippen MR) is 73.9 cm³/mol. The number of carboxylic acids is 1. The van der Waals surface area contributed by atoms with Gasteiger partial charge in [-0.25, -0.2) is 4.79 Å². The van der Waals surface area contributed by atoms with E-state index in [4.69, 9.17) is 5.11 Å². The topological polar surface area (TPSA) is 93.2 Å². The molecular weight excluding hydrogens is 274 g/mol. The number of nitrogens with zero attached hydrogens (tertiary/aromatic N) is 5. The van der Waals surface area contributed by atoms with Crippen LogP contribution in [0.3, 0.4) is 0 Å². The molecule has 8 heteroatoms. The summed E-state index contributed by atoms with van der Waals surface area (Å²) in [6.45, 7) is 3.03. The summed E-state index contributed by atoms with van der Waals surface area (Å²) in [6, 6.07) is 1.83. The maximum absolute atomic E-state index is 12.3. The smallest absolute Gasteiger partial charge is 0.357 e. The molecule has 2 aromatic rings. The largest absolute Gasteiger partial charge is 0.476 e. The molecule has 2 heterocycles. The molecule has 1 amide bonds. The van der Waals surface area contributed by atoms with E-state index in [1.165, 1.54) is 15.8 Å². The van der Waals surface area contributed by atoms with Gasteiger partial charge in [0.2, 0.25) is 0 Å². The van der Waals surface area contributed by atoms with Gasteiger partial charge in [0, 0.05) is 33.0 Å². The second kappa shape index (κ2) is 5.78. The second-order valence-electron chi connectivity index (χ2n) is 4.69. The summed E-state index contributed by atoms with van der Waals surface area (Å²) in [5.41, 5.74) is 0.573. The van der Waals surface area contributed by atoms with E-state index >= 15 is 0 Å². The Morgan fingerprint density at radius 2 is 2.10 bits per heavy atom. The van der Waals surface area contributed by atoms with Crippen molar-refractivity contribution in [2.24, 2.45) is 7.05 Å². The fraction of sp³-hybridized carbons (Fsp3) is 0.385. The van der Waals surface area contributed by atoms with E-state index in [-0.39, 0.29) is 11.3 Å². The first kappa shape index (κ1) is 14.8. The Morgan fingerprint density at radius 3 is 2.67 bits per heavy atom.